The van der Waals surface area contributed by atoms with Crippen LogP contribution < -0.4 is 21.5 Å². The van der Waals surface area contributed by atoms with Crippen LogP contribution in [0.25, 0.3) is 0 Å². The smallest absolute Gasteiger partial charge is 0.236 e. The Hall–Kier alpha value is -1.95. The summed E-state index contributed by atoms with van der Waals surface area (Å²) in [5, 5.41) is 11.4. The van der Waals surface area contributed by atoms with Crippen LogP contribution in [0.3, 0.4) is 0 Å². The van der Waals surface area contributed by atoms with Gasteiger partial charge in [0.2, 0.25) is 5.91 Å². The van der Waals surface area contributed by atoms with E-state index in [0.717, 1.165) is 0 Å². The molecule has 6 nitrogen and oxygen atoms in total. The second-order valence-electron chi connectivity index (χ2n) is 3.15. The molecule has 0 bridgehead atoms. The Bertz CT molecular complexity index is 368. The van der Waals surface area contributed by atoms with Crippen LogP contribution in [0.4, 0.5) is 11.4 Å². The molecule has 0 heterocycles. The minimum Gasteiger partial charge on any atom is -0.489 e. The minimum absolute atomic E-state index is 0.00105. The number of benzene rings is 1. The average molecular weight is 225 g/mol. The summed E-state index contributed by atoms with van der Waals surface area (Å²) < 4.78 is 5.25. The monoisotopic (exact) mass is 225 g/mol. The third-order valence-corrected chi connectivity index (χ3v) is 1.81. The molecular weight excluding hydrogens is 210 g/mol. The van der Waals surface area contributed by atoms with Gasteiger partial charge in [-0.05, 0) is 18.2 Å². The summed E-state index contributed by atoms with van der Waals surface area (Å²) in [6.07, 6.45) is 0. The first-order valence-corrected chi connectivity index (χ1v) is 4.79. The highest BCUT2D eigenvalue weighted by Crippen LogP contribution is 2.26. The molecule has 16 heavy (non-hydrogen) atoms. The first-order valence-electron chi connectivity index (χ1n) is 4.79. The first kappa shape index (κ1) is 12.1. The van der Waals surface area contributed by atoms with Crippen LogP contribution in [0, 0.1) is 0 Å². The van der Waals surface area contributed by atoms with Crippen molar-refractivity contribution in [3.63, 3.8) is 0 Å². The molecule has 0 spiro atoms. The Balaban J connectivity index is 2.76. The van der Waals surface area contributed by atoms with E-state index in [1.165, 1.54) is 0 Å². The quantitative estimate of drug-likeness (QED) is 0.489. The maximum atomic E-state index is 10.6. The predicted octanol–water partition coefficient (Wildman–Crippen LogP) is -0.463. The second kappa shape index (κ2) is 5.82. The normalized spacial score (nSPS) is 9.81. The SMILES string of the molecule is NC(=O)CNc1cc(N)ccc1OCCO. The summed E-state index contributed by atoms with van der Waals surface area (Å²) >= 11 is 0. The number of hydrogen-bond acceptors (Lipinski definition) is 5. The number of nitrogen functional groups attached to an aromatic ring is 1. The molecule has 0 saturated carbocycles. The highest BCUT2D eigenvalue weighted by molar-refractivity contribution is 5.80. The molecule has 1 aromatic rings. The molecule has 0 saturated heterocycles. The summed E-state index contributed by atoms with van der Waals surface area (Å²) in [7, 11) is 0. The van der Waals surface area contributed by atoms with Gasteiger partial charge >= 0.3 is 0 Å². The number of primary amides is 1. The maximum Gasteiger partial charge on any atom is 0.236 e. The Morgan fingerprint density at radius 1 is 1.50 bits per heavy atom. The molecule has 0 radical (unpaired) electrons. The van der Waals surface area contributed by atoms with Gasteiger partial charge in [-0.2, -0.15) is 0 Å². The summed E-state index contributed by atoms with van der Waals surface area (Å²) in [6.45, 7) is 0.0910. The topological polar surface area (TPSA) is 111 Å². The van der Waals surface area contributed by atoms with Crippen LogP contribution >= 0.6 is 0 Å². The Morgan fingerprint density at radius 3 is 2.88 bits per heavy atom. The number of aliphatic hydroxyl groups excluding tert-OH is 1. The largest absolute Gasteiger partial charge is 0.489 e. The van der Waals surface area contributed by atoms with Crippen LogP contribution in [0.15, 0.2) is 18.2 Å². The number of ether oxygens (including phenoxy) is 1. The van der Waals surface area contributed by atoms with Crippen molar-refractivity contribution in [3.8, 4) is 5.75 Å². The van der Waals surface area contributed by atoms with Gasteiger partial charge in [0.05, 0.1) is 18.8 Å². The number of amides is 1. The number of hydrogen-bond donors (Lipinski definition) is 4. The van der Waals surface area contributed by atoms with Gasteiger partial charge in [0, 0.05) is 5.69 Å². The van der Waals surface area contributed by atoms with E-state index < -0.39 is 5.91 Å². The summed E-state index contributed by atoms with van der Waals surface area (Å²) in [6, 6.07) is 4.96. The summed E-state index contributed by atoms with van der Waals surface area (Å²) in [5.74, 6) is 0.0417. The predicted molar refractivity (Wildman–Crippen MR) is 61.1 cm³/mol. The molecule has 1 amide bonds. The van der Waals surface area contributed by atoms with Gasteiger partial charge in [-0.15, -0.1) is 0 Å². The van der Waals surface area contributed by atoms with Crippen LogP contribution in [0.5, 0.6) is 5.75 Å². The number of aliphatic hydroxyl groups is 1. The van der Waals surface area contributed by atoms with Gasteiger partial charge in [0.15, 0.2) is 0 Å². The van der Waals surface area contributed by atoms with Crippen molar-refractivity contribution in [3.05, 3.63) is 18.2 Å². The number of nitrogens with one attached hydrogen (secondary N) is 1. The van der Waals surface area contributed by atoms with E-state index in [-0.39, 0.29) is 19.8 Å². The van der Waals surface area contributed by atoms with Crippen molar-refractivity contribution in [1.29, 1.82) is 0 Å². The number of carbonyl (C=O) groups excluding carboxylic acids is 1. The average Bonchev–Trinajstić information content (AvgIpc) is 2.25. The van der Waals surface area contributed by atoms with Crippen LogP contribution in [-0.4, -0.2) is 30.8 Å². The molecule has 1 aromatic carbocycles. The molecule has 6 heteroatoms. The molecular formula is C10H15N3O3. The summed E-state index contributed by atoms with van der Waals surface area (Å²) in [4.78, 5) is 10.6. The third-order valence-electron chi connectivity index (χ3n) is 1.81. The Morgan fingerprint density at radius 2 is 2.25 bits per heavy atom. The van der Waals surface area contributed by atoms with Crippen molar-refractivity contribution >= 4 is 17.3 Å². The molecule has 0 aliphatic carbocycles. The lowest BCUT2D eigenvalue weighted by Crippen LogP contribution is -2.22. The van der Waals surface area contributed by atoms with Crippen LogP contribution in [-0.2, 0) is 4.79 Å². The van der Waals surface area contributed by atoms with Gasteiger partial charge in [0.25, 0.3) is 0 Å². The van der Waals surface area contributed by atoms with Gasteiger partial charge in [-0.3, -0.25) is 4.79 Å². The zero-order valence-electron chi connectivity index (χ0n) is 8.77. The van der Waals surface area contributed by atoms with E-state index in [1.54, 1.807) is 18.2 Å². The zero-order valence-corrected chi connectivity index (χ0v) is 8.77. The molecule has 88 valence electrons. The van der Waals surface area contributed by atoms with Crippen LogP contribution in [0.1, 0.15) is 0 Å². The molecule has 0 aliphatic heterocycles. The Labute approximate surface area is 93.2 Å². The van der Waals surface area contributed by atoms with Crippen molar-refractivity contribution in [2.24, 2.45) is 5.73 Å². The minimum atomic E-state index is -0.476. The van der Waals surface area contributed by atoms with Gasteiger partial charge in [0.1, 0.15) is 12.4 Å². The number of rotatable bonds is 6. The number of nitrogens with two attached hydrogens (primary N) is 2. The van der Waals surface area contributed by atoms with Gasteiger partial charge < -0.3 is 26.6 Å². The zero-order chi connectivity index (χ0) is 12.0. The number of anilines is 2. The fourth-order valence-electron chi connectivity index (χ4n) is 1.15. The lowest BCUT2D eigenvalue weighted by atomic mass is 10.2. The van der Waals surface area contributed by atoms with E-state index in [2.05, 4.69) is 5.32 Å². The van der Waals surface area contributed by atoms with E-state index in [9.17, 15) is 4.79 Å². The highest BCUT2D eigenvalue weighted by atomic mass is 16.5. The number of carbonyl (C=O) groups is 1. The second-order valence-corrected chi connectivity index (χ2v) is 3.15. The van der Waals surface area contributed by atoms with Gasteiger partial charge in [-0.25, -0.2) is 0 Å². The standard InChI is InChI=1S/C10H15N3O3/c11-7-1-2-9(16-4-3-14)8(5-7)13-6-10(12)15/h1-2,5,13-14H,3-4,6,11H2,(H2,12,15). The molecule has 0 aliphatic rings. The Kier molecular flexibility index (Phi) is 4.41. The van der Waals surface area contributed by atoms with Crippen molar-refractivity contribution in [1.82, 2.24) is 0 Å². The lowest BCUT2D eigenvalue weighted by molar-refractivity contribution is -0.116. The highest BCUT2D eigenvalue weighted by Gasteiger charge is 2.05. The molecule has 1 rings (SSSR count). The fourth-order valence-corrected chi connectivity index (χ4v) is 1.15. The van der Waals surface area contributed by atoms with Crippen molar-refractivity contribution in [2.75, 3.05) is 30.8 Å². The van der Waals surface area contributed by atoms with E-state index in [1.807, 2.05) is 0 Å². The molecule has 0 fully saturated rings. The van der Waals surface area contributed by atoms with Gasteiger partial charge in [-0.1, -0.05) is 0 Å². The molecule has 0 unspecified atom stereocenters. The first-order chi connectivity index (χ1) is 7.63. The van der Waals surface area contributed by atoms with E-state index in [0.29, 0.717) is 17.1 Å². The molecule has 6 N–H and O–H groups in total. The maximum absolute atomic E-state index is 10.6. The fraction of sp³-hybridized carbons (Fsp3) is 0.300. The lowest BCUT2D eigenvalue weighted by Gasteiger charge is -2.12. The van der Waals surface area contributed by atoms with Crippen LogP contribution in [0.2, 0.25) is 0 Å². The van der Waals surface area contributed by atoms with Crippen molar-refractivity contribution in [2.45, 2.75) is 0 Å². The van der Waals surface area contributed by atoms with E-state index in [4.69, 9.17) is 21.3 Å². The molecule has 0 aromatic heterocycles. The molecule has 0 atom stereocenters. The van der Waals surface area contributed by atoms with E-state index >= 15 is 0 Å². The third kappa shape index (κ3) is 3.66. The summed E-state index contributed by atoms with van der Waals surface area (Å²) in [5.41, 5.74) is 11.7. The van der Waals surface area contributed by atoms with Crippen molar-refractivity contribution < 1.29 is 14.6 Å².